The number of rotatable bonds is 4. The second kappa shape index (κ2) is 6.46. The molecule has 1 aliphatic rings. The van der Waals surface area contributed by atoms with Crippen LogP contribution in [0.4, 0.5) is 0 Å². The summed E-state index contributed by atoms with van der Waals surface area (Å²) in [7, 11) is 0. The topological polar surface area (TPSA) is 24.9 Å². The average Bonchev–Trinajstić information content (AvgIpc) is 2.92. The van der Waals surface area contributed by atoms with Gasteiger partial charge in [-0.3, -0.25) is 0 Å². The highest BCUT2D eigenvalue weighted by molar-refractivity contribution is 7.99. The number of thioether (sulfide) groups is 1. The second-order valence-electron chi connectivity index (χ2n) is 5.62. The van der Waals surface area contributed by atoms with E-state index in [0.29, 0.717) is 12.1 Å². The molecule has 1 unspecified atom stereocenters. The van der Waals surface area contributed by atoms with Gasteiger partial charge in [-0.1, -0.05) is 12.1 Å². The molecule has 0 radical (unpaired) electrons. The first-order valence-electron chi connectivity index (χ1n) is 7.40. The normalized spacial score (nSPS) is 24.9. The molecule has 0 aliphatic heterocycles. The zero-order chi connectivity index (χ0) is 13.9. The number of fused-ring (bicyclic) bond motifs is 1. The molecule has 3 rings (SSSR count). The van der Waals surface area contributed by atoms with Gasteiger partial charge in [0, 0.05) is 11.3 Å². The first-order chi connectivity index (χ1) is 9.76. The van der Waals surface area contributed by atoms with E-state index in [1.807, 2.05) is 23.1 Å². The number of hydrogen-bond donors (Lipinski definition) is 1. The molecule has 1 heterocycles. The number of nitrogens with one attached hydrogen (secondary N) is 1. The summed E-state index contributed by atoms with van der Waals surface area (Å²) in [5, 5.41) is 5.88. The molecule has 0 amide bonds. The molecular formula is C16H22N2S2. The molecule has 2 nitrogen and oxygen atoms in total. The van der Waals surface area contributed by atoms with E-state index in [4.69, 9.17) is 4.98 Å². The van der Waals surface area contributed by atoms with E-state index in [-0.39, 0.29) is 0 Å². The van der Waals surface area contributed by atoms with Crippen LogP contribution in [-0.4, -0.2) is 22.5 Å². The minimum atomic E-state index is 0.364. The SMILES string of the molecule is CSC1CCC(NC(C)c2nc3ccccc3s2)CC1. The lowest BCUT2D eigenvalue weighted by molar-refractivity contribution is 0.352. The van der Waals surface area contributed by atoms with Crippen molar-refractivity contribution in [2.24, 2.45) is 0 Å². The molecule has 2 aromatic rings. The van der Waals surface area contributed by atoms with Crippen molar-refractivity contribution in [2.75, 3.05) is 6.26 Å². The van der Waals surface area contributed by atoms with Gasteiger partial charge in [-0.25, -0.2) is 4.98 Å². The molecule has 4 heteroatoms. The zero-order valence-electron chi connectivity index (χ0n) is 12.1. The summed E-state index contributed by atoms with van der Waals surface area (Å²) in [4.78, 5) is 4.76. The largest absolute Gasteiger partial charge is 0.305 e. The smallest absolute Gasteiger partial charge is 0.111 e. The van der Waals surface area contributed by atoms with Crippen LogP contribution in [0.2, 0.25) is 0 Å². The molecule has 1 N–H and O–H groups in total. The summed E-state index contributed by atoms with van der Waals surface area (Å²) >= 11 is 3.85. The van der Waals surface area contributed by atoms with Crippen molar-refractivity contribution in [3.63, 3.8) is 0 Å². The summed E-state index contributed by atoms with van der Waals surface area (Å²) in [5.41, 5.74) is 1.13. The Labute approximate surface area is 129 Å². The highest BCUT2D eigenvalue weighted by Gasteiger charge is 2.22. The highest BCUT2D eigenvalue weighted by Crippen LogP contribution is 2.30. The van der Waals surface area contributed by atoms with Crippen LogP contribution in [0.5, 0.6) is 0 Å². The summed E-state index contributed by atoms with van der Waals surface area (Å²) in [6.07, 6.45) is 7.56. The number of aromatic nitrogens is 1. The predicted molar refractivity (Wildman–Crippen MR) is 90.7 cm³/mol. The van der Waals surface area contributed by atoms with Crippen molar-refractivity contribution in [1.29, 1.82) is 0 Å². The van der Waals surface area contributed by atoms with Crippen LogP contribution in [0.25, 0.3) is 10.2 Å². The van der Waals surface area contributed by atoms with Gasteiger partial charge < -0.3 is 5.32 Å². The Kier molecular flexibility index (Phi) is 4.64. The van der Waals surface area contributed by atoms with E-state index in [1.54, 1.807) is 0 Å². The summed E-state index contributed by atoms with van der Waals surface area (Å²) in [5.74, 6) is 0. The van der Waals surface area contributed by atoms with E-state index < -0.39 is 0 Å². The van der Waals surface area contributed by atoms with Crippen LogP contribution in [0.3, 0.4) is 0 Å². The maximum Gasteiger partial charge on any atom is 0.111 e. The number of thiazole rings is 1. The van der Waals surface area contributed by atoms with Gasteiger partial charge in [0.1, 0.15) is 5.01 Å². The van der Waals surface area contributed by atoms with Gasteiger partial charge in [-0.2, -0.15) is 11.8 Å². The van der Waals surface area contributed by atoms with Crippen LogP contribution in [0, 0.1) is 0 Å². The van der Waals surface area contributed by atoms with Crippen molar-refractivity contribution in [3.05, 3.63) is 29.3 Å². The Bertz CT molecular complexity index is 525. The van der Waals surface area contributed by atoms with Crippen molar-refractivity contribution in [2.45, 2.75) is 49.9 Å². The minimum absolute atomic E-state index is 0.364. The van der Waals surface area contributed by atoms with Gasteiger partial charge in [0.15, 0.2) is 0 Å². The Morgan fingerprint density at radius 1 is 1.25 bits per heavy atom. The first kappa shape index (κ1) is 14.4. The van der Waals surface area contributed by atoms with E-state index >= 15 is 0 Å². The van der Waals surface area contributed by atoms with Crippen LogP contribution in [-0.2, 0) is 0 Å². The first-order valence-corrected chi connectivity index (χ1v) is 9.51. The fraction of sp³-hybridized carbons (Fsp3) is 0.562. The minimum Gasteiger partial charge on any atom is -0.305 e. The molecule has 1 aromatic heterocycles. The van der Waals surface area contributed by atoms with Crippen LogP contribution in [0.1, 0.15) is 43.7 Å². The van der Waals surface area contributed by atoms with Gasteiger partial charge >= 0.3 is 0 Å². The Morgan fingerprint density at radius 2 is 2.00 bits per heavy atom. The molecule has 1 aliphatic carbocycles. The molecule has 0 bridgehead atoms. The summed E-state index contributed by atoms with van der Waals surface area (Å²) in [6.45, 7) is 2.25. The van der Waals surface area contributed by atoms with E-state index in [0.717, 1.165) is 10.8 Å². The van der Waals surface area contributed by atoms with Gasteiger partial charge in [-0.15, -0.1) is 11.3 Å². The van der Waals surface area contributed by atoms with E-state index in [1.165, 1.54) is 35.4 Å². The van der Waals surface area contributed by atoms with Crippen LogP contribution in [0.15, 0.2) is 24.3 Å². The van der Waals surface area contributed by atoms with E-state index in [9.17, 15) is 0 Å². The van der Waals surface area contributed by atoms with Crippen LogP contribution < -0.4 is 5.32 Å². The molecule has 20 heavy (non-hydrogen) atoms. The van der Waals surface area contributed by atoms with Gasteiger partial charge in [0.05, 0.1) is 16.3 Å². The highest BCUT2D eigenvalue weighted by atomic mass is 32.2. The Hall–Kier alpha value is -0.580. The third-order valence-electron chi connectivity index (χ3n) is 4.17. The lowest BCUT2D eigenvalue weighted by Crippen LogP contribution is -2.35. The molecule has 1 fully saturated rings. The lowest BCUT2D eigenvalue weighted by atomic mass is 9.94. The summed E-state index contributed by atoms with van der Waals surface area (Å²) < 4.78 is 1.29. The number of benzene rings is 1. The molecule has 0 spiro atoms. The maximum absolute atomic E-state index is 4.76. The molecule has 0 saturated heterocycles. The zero-order valence-corrected chi connectivity index (χ0v) is 13.8. The molecule has 1 saturated carbocycles. The third-order valence-corrected chi connectivity index (χ3v) is 6.53. The Balaban J connectivity index is 1.63. The van der Waals surface area contributed by atoms with Crippen molar-refractivity contribution < 1.29 is 0 Å². The number of nitrogens with zero attached hydrogens (tertiary/aromatic N) is 1. The summed E-state index contributed by atoms with van der Waals surface area (Å²) in [6, 6.07) is 9.45. The molecule has 108 valence electrons. The fourth-order valence-corrected chi connectivity index (χ4v) is 4.69. The van der Waals surface area contributed by atoms with Gasteiger partial charge in [0.2, 0.25) is 0 Å². The average molecular weight is 307 g/mol. The van der Waals surface area contributed by atoms with E-state index in [2.05, 4.69) is 42.8 Å². The quantitative estimate of drug-likeness (QED) is 0.892. The number of hydrogen-bond acceptors (Lipinski definition) is 4. The van der Waals surface area contributed by atoms with Gasteiger partial charge in [-0.05, 0) is 51.0 Å². The fourth-order valence-electron chi connectivity index (χ4n) is 2.97. The van der Waals surface area contributed by atoms with Crippen molar-refractivity contribution in [1.82, 2.24) is 10.3 Å². The predicted octanol–water partition coefficient (Wildman–Crippen LogP) is 4.62. The lowest BCUT2D eigenvalue weighted by Gasteiger charge is -2.29. The number of para-hydroxylation sites is 1. The Morgan fingerprint density at radius 3 is 2.70 bits per heavy atom. The standard InChI is InChI=1S/C16H22N2S2/c1-11(17-12-7-9-13(19-2)10-8-12)16-18-14-5-3-4-6-15(14)20-16/h3-6,11-13,17H,7-10H2,1-2H3. The molecule has 1 atom stereocenters. The monoisotopic (exact) mass is 306 g/mol. The van der Waals surface area contributed by atoms with Crippen molar-refractivity contribution in [3.8, 4) is 0 Å². The van der Waals surface area contributed by atoms with Crippen molar-refractivity contribution >= 4 is 33.3 Å². The maximum atomic E-state index is 4.76. The van der Waals surface area contributed by atoms with Crippen LogP contribution >= 0.6 is 23.1 Å². The molecular weight excluding hydrogens is 284 g/mol. The second-order valence-corrected chi connectivity index (χ2v) is 7.82. The molecule has 1 aromatic carbocycles. The van der Waals surface area contributed by atoms with Gasteiger partial charge in [0.25, 0.3) is 0 Å². The third kappa shape index (κ3) is 3.18.